The number of anilines is 1. The van der Waals surface area contributed by atoms with Crippen LogP contribution >= 0.6 is 35.2 Å². The summed E-state index contributed by atoms with van der Waals surface area (Å²) in [6.45, 7) is 4.51. The molecule has 2 aliphatic rings. The monoisotopic (exact) mass is 491 g/mol. The van der Waals surface area contributed by atoms with E-state index in [-0.39, 0.29) is 5.97 Å². The molecule has 0 bridgehead atoms. The third-order valence-corrected chi connectivity index (χ3v) is 8.08. The molecule has 0 radical (unpaired) electrons. The van der Waals surface area contributed by atoms with E-state index in [0.717, 1.165) is 62.0 Å². The second kappa shape index (κ2) is 11.0. The van der Waals surface area contributed by atoms with Gasteiger partial charge in [-0.3, -0.25) is 4.90 Å². The molecular weight excluding hydrogens is 462 g/mol. The van der Waals surface area contributed by atoms with Gasteiger partial charge in [0.25, 0.3) is 0 Å². The summed E-state index contributed by atoms with van der Waals surface area (Å²) >= 11 is 13.4. The van der Waals surface area contributed by atoms with Crippen LogP contribution in [0.15, 0.2) is 24.3 Å². The van der Waals surface area contributed by atoms with Crippen molar-refractivity contribution in [2.24, 2.45) is 0 Å². The number of nitrogens with zero attached hydrogens (tertiary/aromatic N) is 2. The standard InChI is InChI=1S/C24H30ClN3O2S2/c1-30-23(29)21-19-6-4-2-3-5-7-20(19)32-22(21)26-24(31)28-14-12-27(13-15-28)16-17-8-10-18(25)11-9-17/h8-11H,2-7,12-16H2,1H3,(H,26,31). The van der Waals surface area contributed by atoms with Crippen LogP contribution < -0.4 is 5.32 Å². The molecule has 0 spiro atoms. The number of rotatable bonds is 4. The van der Waals surface area contributed by atoms with E-state index in [9.17, 15) is 4.79 Å². The van der Waals surface area contributed by atoms with Gasteiger partial charge in [0.1, 0.15) is 5.00 Å². The number of benzene rings is 1. The number of thiophene rings is 1. The number of nitrogens with one attached hydrogen (secondary N) is 1. The molecule has 1 aromatic heterocycles. The lowest BCUT2D eigenvalue weighted by Crippen LogP contribution is -2.49. The van der Waals surface area contributed by atoms with Crippen molar-refractivity contribution in [3.8, 4) is 0 Å². The molecule has 0 saturated carbocycles. The van der Waals surface area contributed by atoms with Gasteiger partial charge in [0.15, 0.2) is 5.11 Å². The Kier molecular flexibility index (Phi) is 8.05. The number of methoxy groups -OCH3 is 1. The van der Waals surface area contributed by atoms with Gasteiger partial charge in [-0.15, -0.1) is 11.3 Å². The number of fused-ring (bicyclic) bond motifs is 1. The van der Waals surface area contributed by atoms with Gasteiger partial charge in [0.2, 0.25) is 0 Å². The quantitative estimate of drug-likeness (QED) is 0.458. The SMILES string of the molecule is COC(=O)c1c(NC(=S)N2CCN(Cc3ccc(Cl)cc3)CC2)sc2c1CCCCCC2. The molecule has 5 nitrogen and oxygen atoms in total. The fourth-order valence-corrected chi connectivity index (χ4v) is 6.21. The van der Waals surface area contributed by atoms with Gasteiger partial charge in [0.05, 0.1) is 12.7 Å². The lowest BCUT2D eigenvalue weighted by atomic mass is 9.96. The van der Waals surface area contributed by atoms with Gasteiger partial charge in [-0.25, -0.2) is 4.79 Å². The normalized spacial score (nSPS) is 17.2. The number of ether oxygens (including phenoxy) is 1. The lowest BCUT2D eigenvalue weighted by Gasteiger charge is -2.36. The number of esters is 1. The Morgan fingerprint density at radius 2 is 1.78 bits per heavy atom. The topological polar surface area (TPSA) is 44.8 Å². The van der Waals surface area contributed by atoms with Crippen molar-refractivity contribution >= 4 is 51.2 Å². The molecular formula is C24H30ClN3O2S2. The van der Waals surface area contributed by atoms with E-state index in [0.29, 0.717) is 10.7 Å². The second-order valence-corrected chi connectivity index (χ2v) is 10.4. The predicted octanol–water partition coefficient (Wildman–Crippen LogP) is 5.36. The number of carbonyl (C=O) groups is 1. The van der Waals surface area contributed by atoms with Crippen LogP contribution in [0.5, 0.6) is 0 Å². The van der Waals surface area contributed by atoms with Crippen LogP contribution in [0.4, 0.5) is 5.00 Å². The first-order valence-corrected chi connectivity index (χ1v) is 12.9. The van der Waals surface area contributed by atoms with Gasteiger partial charge in [-0.2, -0.15) is 0 Å². The number of hydrogen-bond acceptors (Lipinski definition) is 5. The maximum Gasteiger partial charge on any atom is 0.341 e. The van der Waals surface area contributed by atoms with E-state index in [2.05, 4.69) is 27.2 Å². The lowest BCUT2D eigenvalue weighted by molar-refractivity contribution is 0.0601. The average molecular weight is 492 g/mol. The van der Waals surface area contributed by atoms with Crippen LogP contribution in [-0.2, 0) is 24.1 Å². The molecule has 1 aromatic carbocycles. The minimum Gasteiger partial charge on any atom is -0.465 e. The molecule has 32 heavy (non-hydrogen) atoms. The molecule has 1 saturated heterocycles. The Hall–Kier alpha value is -1.67. The molecule has 2 aromatic rings. The number of carbonyl (C=O) groups excluding carboxylic acids is 1. The van der Waals surface area contributed by atoms with E-state index < -0.39 is 0 Å². The van der Waals surface area contributed by atoms with E-state index in [1.54, 1.807) is 11.3 Å². The van der Waals surface area contributed by atoms with E-state index in [1.807, 2.05) is 12.1 Å². The summed E-state index contributed by atoms with van der Waals surface area (Å²) in [6.07, 6.45) is 6.74. The van der Waals surface area contributed by atoms with Crippen LogP contribution in [-0.4, -0.2) is 54.2 Å². The Morgan fingerprint density at radius 3 is 2.47 bits per heavy atom. The Bertz CT molecular complexity index is 953. The summed E-state index contributed by atoms with van der Waals surface area (Å²) in [5, 5.41) is 5.71. The van der Waals surface area contributed by atoms with Gasteiger partial charge in [-0.05, 0) is 61.2 Å². The van der Waals surface area contributed by atoms with E-state index >= 15 is 0 Å². The summed E-state index contributed by atoms with van der Waals surface area (Å²) in [5.41, 5.74) is 3.13. The summed E-state index contributed by atoms with van der Waals surface area (Å²) < 4.78 is 5.13. The van der Waals surface area contributed by atoms with Crippen LogP contribution in [0.2, 0.25) is 5.02 Å². The highest BCUT2D eigenvalue weighted by Gasteiger charge is 2.27. The highest BCUT2D eigenvalue weighted by Crippen LogP contribution is 2.37. The van der Waals surface area contributed by atoms with Gasteiger partial charge in [-0.1, -0.05) is 36.6 Å². The molecule has 8 heteroatoms. The van der Waals surface area contributed by atoms with Crippen molar-refractivity contribution < 1.29 is 9.53 Å². The highest BCUT2D eigenvalue weighted by atomic mass is 35.5. The Morgan fingerprint density at radius 1 is 1.09 bits per heavy atom. The van der Waals surface area contributed by atoms with Crippen LogP contribution in [0.1, 0.15) is 52.0 Å². The number of piperazine rings is 1. The number of hydrogen-bond donors (Lipinski definition) is 1. The fraction of sp³-hybridized carbons (Fsp3) is 0.500. The van der Waals surface area contributed by atoms with Crippen LogP contribution in [0.25, 0.3) is 0 Å². The molecule has 0 atom stereocenters. The molecule has 1 aliphatic carbocycles. The van der Waals surface area contributed by atoms with Gasteiger partial charge >= 0.3 is 5.97 Å². The highest BCUT2D eigenvalue weighted by molar-refractivity contribution is 7.80. The van der Waals surface area contributed by atoms with Crippen molar-refractivity contribution in [2.45, 2.75) is 45.1 Å². The fourth-order valence-electron chi connectivity index (χ4n) is 4.46. The molecule has 172 valence electrons. The van der Waals surface area contributed by atoms with Crippen LogP contribution in [0, 0.1) is 0 Å². The molecule has 4 rings (SSSR count). The van der Waals surface area contributed by atoms with E-state index in [4.69, 9.17) is 28.6 Å². The number of halogens is 1. The molecule has 1 N–H and O–H groups in total. The first-order chi connectivity index (χ1) is 15.5. The van der Waals surface area contributed by atoms with Crippen molar-refractivity contribution in [2.75, 3.05) is 38.6 Å². The Balaban J connectivity index is 1.40. The summed E-state index contributed by atoms with van der Waals surface area (Å²) in [6, 6.07) is 8.04. The summed E-state index contributed by atoms with van der Waals surface area (Å²) in [4.78, 5) is 18.6. The minimum absolute atomic E-state index is 0.263. The molecule has 1 aliphatic heterocycles. The van der Waals surface area contributed by atoms with Gasteiger partial charge in [0, 0.05) is 42.6 Å². The van der Waals surface area contributed by atoms with Gasteiger partial charge < -0.3 is 15.0 Å². The number of aryl methyl sites for hydroxylation is 1. The minimum atomic E-state index is -0.263. The van der Waals surface area contributed by atoms with Crippen molar-refractivity contribution in [3.05, 3.63) is 50.9 Å². The van der Waals surface area contributed by atoms with Crippen molar-refractivity contribution in [1.82, 2.24) is 9.80 Å². The summed E-state index contributed by atoms with van der Waals surface area (Å²) in [7, 11) is 1.46. The largest absolute Gasteiger partial charge is 0.465 e. The maximum absolute atomic E-state index is 12.6. The first kappa shape index (κ1) is 23.5. The van der Waals surface area contributed by atoms with Crippen molar-refractivity contribution in [1.29, 1.82) is 0 Å². The Labute approximate surface area is 204 Å². The van der Waals surface area contributed by atoms with Crippen molar-refractivity contribution in [3.63, 3.8) is 0 Å². The molecule has 2 heterocycles. The average Bonchev–Trinajstić information content (AvgIpc) is 3.11. The zero-order valence-electron chi connectivity index (χ0n) is 18.5. The summed E-state index contributed by atoms with van der Waals surface area (Å²) in [5.74, 6) is -0.263. The number of thiocarbonyl (C=S) groups is 1. The zero-order chi connectivity index (χ0) is 22.5. The third-order valence-electron chi connectivity index (χ3n) is 6.26. The molecule has 1 fully saturated rings. The third kappa shape index (κ3) is 5.63. The molecule has 0 unspecified atom stereocenters. The van der Waals surface area contributed by atoms with E-state index in [1.165, 1.54) is 42.4 Å². The second-order valence-electron chi connectivity index (χ2n) is 8.43. The molecule has 0 amide bonds. The smallest absolute Gasteiger partial charge is 0.341 e. The van der Waals surface area contributed by atoms with Crippen LogP contribution in [0.3, 0.4) is 0 Å². The predicted molar refractivity (Wildman–Crippen MR) is 136 cm³/mol. The maximum atomic E-state index is 12.6. The first-order valence-electron chi connectivity index (χ1n) is 11.3. The zero-order valence-corrected chi connectivity index (χ0v) is 20.9.